The van der Waals surface area contributed by atoms with E-state index in [0.29, 0.717) is 39.3 Å². The molecule has 0 amide bonds. The highest BCUT2D eigenvalue weighted by atomic mass is 35.5. The first kappa shape index (κ1) is 32.8. The first-order chi connectivity index (χ1) is 22.9. The molecule has 2 aliphatic rings. The summed E-state index contributed by atoms with van der Waals surface area (Å²) in [6.07, 6.45) is 12.0. The van der Waals surface area contributed by atoms with Gasteiger partial charge in [-0.1, -0.05) is 61.9 Å². The van der Waals surface area contributed by atoms with Crippen molar-refractivity contribution in [3.63, 3.8) is 0 Å². The smallest absolute Gasteiger partial charge is 0.142 e. The second-order valence-electron chi connectivity index (χ2n) is 12.7. The van der Waals surface area contributed by atoms with E-state index in [1.54, 1.807) is 31.5 Å². The van der Waals surface area contributed by atoms with Crippen molar-refractivity contribution in [3.8, 4) is 34.4 Å². The molecule has 8 heteroatoms. The van der Waals surface area contributed by atoms with Gasteiger partial charge in [0.2, 0.25) is 0 Å². The van der Waals surface area contributed by atoms with Gasteiger partial charge in [0.1, 0.15) is 41.8 Å². The first-order valence-electron chi connectivity index (χ1n) is 16.5. The van der Waals surface area contributed by atoms with Gasteiger partial charge in [-0.3, -0.25) is 4.98 Å². The van der Waals surface area contributed by atoms with E-state index in [1.807, 2.05) is 30.3 Å². The average Bonchev–Trinajstić information content (AvgIpc) is 3.53. The molecule has 3 aromatic carbocycles. The number of nitriles is 1. The summed E-state index contributed by atoms with van der Waals surface area (Å²) in [4.78, 5) is 4.18. The summed E-state index contributed by atoms with van der Waals surface area (Å²) in [7, 11) is 1.58. The number of hydrogen-bond donors (Lipinski definition) is 1. The summed E-state index contributed by atoms with van der Waals surface area (Å²) in [5.74, 6) is 1.98. The van der Waals surface area contributed by atoms with E-state index in [1.165, 1.54) is 12.3 Å². The number of hydrogen-bond acceptors (Lipinski definition) is 6. The molecule has 1 aromatic heterocycles. The number of ether oxygens (including phenoxy) is 3. The lowest BCUT2D eigenvalue weighted by Crippen LogP contribution is -2.09. The third kappa shape index (κ3) is 7.89. The van der Waals surface area contributed by atoms with Gasteiger partial charge in [-0.25, -0.2) is 4.39 Å². The Morgan fingerprint density at radius 1 is 0.957 bits per heavy atom. The second kappa shape index (κ2) is 15.2. The van der Waals surface area contributed by atoms with Crippen LogP contribution >= 0.6 is 11.6 Å². The molecule has 244 valence electrons. The van der Waals surface area contributed by atoms with E-state index in [9.17, 15) is 14.8 Å². The maximum atomic E-state index is 15.0. The SMILES string of the molecule is COc1ccc(F)c(-c2cccc3c2CC[C@@H]3Oc2cc(OCc3cncc(C#N)c3)c(CC3CCCCC(O)CCC3)cc2Cl)c1. The second-order valence-corrected chi connectivity index (χ2v) is 13.1. The maximum Gasteiger partial charge on any atom is 0.142 e. The number of halogens is 2. The zero-order valence-corrected chi connectivity index (χ0v) is 27.4. The van der Waals surface area contributed by atoms with Gasteiger partial charge in [0.15, 0.2) is 0 Å². The number of nitrogens with zero attached hydrogens (tertiary/aromatic N) is 2. The van der Waals surface area contributed by atoms with Crippen molar-refractivity contribution in [1.29, 1.82) is 5.26 Å². The topological polar surface area (TPSA) is 84.6 Å². The van der Waals surface area contributed by atoms with Crippen molar-refractivity contribution in [1.82, 2.24) is 4.98 Å². The maximum absolute atomic E-state index is 15.0. The third-order valence-corrected chi connectivity index (χ3v) is 9.74. The molecule has 6 rings (SSSR count). The Kier molecular flexibility index (Phi) is 10.6. The van der Waals surface area contributed by atoms with Gasteiger partial charge < -0.3 is 19.3 Å². The Labute approximate surface area is 281 Å². The predicted octanol–water partition coefficient (Wildman–Crippen LogP) is 9.33. The van der Waals surface area contributed by atoms with Crippen LogP contribution in [0.1, 0.15) is 85.3 Å². The summed E-state index contributed by atoms with van der Waals surface area (Å²) in [5, 5.41) is 20.1. The standard InChI is InChI=1S/C39H40ClFN2O4/c1-45-30-12-14-36(41)34(19-30)31-10-5-11-33-32(31)13-15-37(33)47-39-20-38(46-24-27-16-26(21-42)22-43-23-27)28(18-35(39)40)17-25-6-2-3-8-29(44)9-4-7-25/h5,10-12,14,16,18-20,22-23,25,29,37,44H,2-4,6-9,13,15,17,24H2,1H3/t25?,29?,37-/m0/s1. The van der Waals surface area contributed by atoms with Gasteiger partial charge in [0.25, 0.3) is 0 Å². The molecule has 2 aliphatic carbocycles. The normalized spacial score (nSPS) is 19.5. The van der Waals surface area contributed by atoms with Crippen LogP contribution in [0.5, 0.6) is 17.2 Å². The van der Waals surface area contributed by atoms with E-state index >= 15 is 0 Å². The minimum Gasteiger partial charge on any atom is -0.497 e. The number of aromatic nitrogens is 1. The molecule has 0 aliphatic heterocycles. The Morgan fingerprint density at radius 3 is 2.64 bits per heavy atom. The van der Waals surface area contributed by atoms with E-state index in [2.05, 4.69) is 11.1 Å². The van der Waals surface area contributed by atoms with Crippen LogP contribution in [0.3, 0.4) is 0 Å². The fourth-order valence-electron chi connectivity index (χ4n) is 6.99. The molecular weight excluding hydrogens is 615 g/mol. The van der Waals surface area contributed by atoms with Crippen LogP contribution in [0, 0.1) is 23.1 Å². The van der Waals surface area contributed by atoms with Gasteiger partial charge in [0, 0.05) is 29.6 Å². The molecule has 4 aromatic rings. The highest BCUT2D eigenvalue weighted by Crippen LogP contribution is 2.44. The van der Waals surface area contributed by atoms with Gasteiger partial charge in [-0.15, -0.1) is 0 Å². The van der Waals surface area contributed by atoms with Crippen LogP contribution in [0.15, 0.2) is 67.0 Å². The number of pyridine rings is 1. The lowest BCUT2D eigenvalue weighted by Gasteiger charge is -2.22. The van der Waals surface area contributed by atoms with E-state index < -0.39 is 0 Å². The first-order valence-corrected chi connectivity index (χ1v) is 16.9. The summed E-state index contributed by atoms with van der Waals surface area (Å²) >= 11 is 6.94. The van der Waals surface area contributed by atoms with Crippen LogP contribution < -0.4 is 14.2 Å². The Bertz CT molecular complexity index is 1760. The molecule has 1 heterocycles. The molecular formula is C39H40ClFN2O4. The number of aliphatic hydroxyl groups is 1. The van der Waals surface area contributed by atoms with E-state index in [-0.39, 0.29) is 24.6 Å². The zero-order chi connectivity index (χ0) is 32.8. The number of methoxy groups -OCH3 is 1. The lowest BCUT2D eigenvalue weighted by molar-refractivity contribution is 0.149. The van der Waals surface area contributed by atoms with E-state index in [4.69, 9.17) is 25.8 Å². The minimum atomic E-state index is -0.296. The molecule has 1 fully saturated rings. The summed E-state index contributed by atoms with van der Waals surface area (Å²) in [6, 6.07) is 18.5. The van der Waals surface area contributed by atoms with Crippen molar-refractivity contribution in [2.24, 2.45) is 5.92 Å². The highest BCUT2D eigenvalue weighted by molar-refractivity contribution is 6.32. The van der Waals surface area contributed by atoms with Crippen molar-refractivity contribution in [2.75, 3.05) is 7.11 Å². The quantitative estimate of drug-likeness (QED) is 0.194. The predicted molar refractivity (Wildman–Crippen MR) is 180 cm³/mol. The number of fused-ring (bicyclic) bond motifs is 1. The van der Waals surface area contributed by atoms with Crippen LogP contribution in [0.25, 0.3) is 11.1 Å². The molecule has 2 unspecified atom stereocenters. The molecule has 0 bridgehead atoms. The van der Waals surface area contributed by atoms with Crippen LogP contribution in [-0.2, 0) is 19.4 Å². The van der Waals surface area contributed by atoms with Crippen molar-refractivity contribution >= 4 is 11.6 Å². The molecule has 1 saturated carbocycles. The Morgan fingerprint density at radius 2 is 1.79 bits per heavy atom. The fourth-order valence-corrected chi connectivity index (χ4v) is 7.22. The van der Waals surface area contributed by atoms with Gasteiger partial charge >= 0.3 is 0 Å². The average molecular weight is 655 g/mol. The number of rotatable bonds is 9. The third-order valence-electron chi connectivity index (χ3n) is 9.44. The molecule has 0 radical (unpaired) electrons. The monoisotopic (exact) mass is 654 g/mol. The van der Waals surface area contributed by atoms with Crippen molar-refractivity contribution < 1.29 is 23.7 Å². The summed E-state index contributed by atoms with van der Waals surface area (Å²) in [5.41, 5.74) is 5.71. The van der Waals surface area contributed by atoms with Crippen molar-refractivity contribution in [2.45, 2.75) is 83.0 Å². The van der Waals surface area contributed by atoms with E-state index in [0.717, 1.165) is 92.0 Å². The minimum absolute atomic E-state index is 0.206. The van der Waals surface area contributed by atoms with Gasteiger partial charge in [-0.05, 0) is 90.6 Å². The fraction of sp³-hybridized carbons (Fsp3) is 0.385. The Hall–Kier alpha value is -4.12. The highest BCUT2D eigenvalue weighted by Gasteiger charge is 2.29. The lowest BCUT2D eigenvalue weighted by atomic mass is 9.90. The molecule has 6 nitrogen and oxygen atoms in total. The zero-order valence-electron chi connectivity index (χ0n) is 26.7. The molecule has 47 heavy (non-hydrogen) atoms. The summed E-state index contributed by atoms with van der Waals surface area (Å²) < 4.78 is 33.4. The molecule has 0 spiro atoms. The van der Waals surface area contributed by atoms with Crippen LogP contribution in [-0.4, -0.2) is 23.3 Å². The number of benzene rings is 3. The van der Waals surface area contributed by atoms with Crippen LogP contribution in [0.2, 0.25) is 5.02 Å². The summed E-state index contributed by atoms with van der Waals surface area (Å²) in [6.45, 7) is 0.245. The van der Waals surface area contributed by atoms with Gasteiger partial charge in [-0.2, -0.15) is 5.26 Å². The number of aliphatic hydroxyl groups excluding tert-OH is 1. The Balaban J connectivity index is 1.28. The molecule has 0 saturated heterocycles. The molecule has 1 N–H and O–H groups in total. The largest absolute Gasteiger partial charge is 0.497 e. The molecule has 3 atom stereocenters. The van der Waals surface area contributed by atoms with Gasteiger partial charge in [0.05, 0.1) is 23.8 Å². The van der Waals surface area contributed by atoms with Crippen LogP contribution in [0.4, 0.5) is 4.39 Å². The van der Waals surface area contributed by atoms with Crippen molar-refractivity contribution in [3.05, 3.63) is 106 Å².